The van der Waals surface area contributed by atoms with E-state index in [4.69, 9.17) is 12.2 Å². The molecule has 0 radical (unpaired) electrons. The van der Waals surface area contributed by atoms with Gasteiger partial charge in [-0.05, 0) is 55.7 Å². The number of aromatic nitrogens is 5. The van der Waals surface area contributed by atoms with Gasteiger partial charge in [-0.15, -0.1) is 11.3 Å². The molecule has 3 heterocycles. The summed E-state index contributed by atoms with van der Waals surface area (Å²) in [5, 5.41) is 8.79. The predicted octanol–water partition coefficient (Wildman–Crippen LogP) is 2.81. The fourth-order valence-electron chi connectivity index (χ4n) is 3.23. The van der Waals surface area contributed by atoms with Crippen molar-refractivity contribution >= 4 is 46.4 Å². The van der Waals surface area contributed by atoms with Crippen molar-refractivity contribution in [1.82, 2.24) is 35.2 Å². The maximum absolute atomic E-state index is 12.5. The monoisotopic (exact) mass is 441 g/mol. The number of amides is 2. The minimum atomic E-state index is -0.428. The Balaban J connectivity index is 1.43. The molecule has 0 bridgehead atoms. The van der Waals surface area contributed by atoms with Crippen LogP contribution in [0.2, 0.25) is 0 Å². The number of H-pyrrole nitrogens is 1. The zero-order valence-corrected chi connectivity index (χ0v) is 17.9. The first-order chi connectivity index (χ1) is 14.5. The Hall–Kier alpha value is -3.31. The molecule has 0 atom stereocenters. The Labute approximate surface area is 180 Å². The molecule has 0 fully saturated rings. The third kappa shape index (κ3) is 3.76. The number of hydrogen-bond acceptors (Lipinski definition) is 6. The fraction of sp³-hybridized carbons (Fsp3) is 0.211. The van der Waals surface area contributed by atoms with Gasteiger partial charge in [-0.2, -0.15) is 5.10 Å². The van der Waals surface area contributed by atoms with Crippen LogP contribution in [0.3, 0.4) is 0 Å². The number of carbonyl (C=O) groups excluding carboxylic acids is 2. The molecule has 0 saturated carbocycles. The molecule has 0 aliphatic heterocycles. The van der Waals surface area contributed by atoms with Crippen molar-refractivity contribution in [2.24, 2.45) is 0 Å². The molecule has 9 nitrogen and oxygen atoms in total. The van der Waals surface area contributed by atoms with E-state index in [1.807, 2.05) is 37.4 Å². The van der Waals surface area contributed by atoms with E-state index in [9.17, 15) is 9.59 Å². The summed E-state index contributed by atoms with van der Waals surface area (Å²) >= 11 is 6.71. The lowest BCUT2D eigenvalue weighted by Crippen LogP contribution is -2.43. The summed E-state index contributed by atoms with van der Waals surface area (Å²) in [7, 11) is 0. The molecule has 4 aromatic rings. The van der Waals surface area contributed by atoms with Gasteiger partial charge < -0.3 is 4.57 Å². The molecular formula is C19H19N7O2S2. The minimum Gasteiger partial charge on any atom is -0.329 e. The van der Waals surface area contributed by atoms with Crippen LogP contribution in [0.15, 0.2) is 35.7 Å². The van der Waals surface area contributed by atoms with E-state index in [2.05, 4.69) is 30.6 Å². The molecule has 4 rings (SSSR count). The number of aromatic amines is 1. The number of benzene rings is 1. The van der Waals surface area contributed by atoms with Crippen molar-refractivity contribution in [1.29, 1.82) is 0 Å². The highest BCUT2D eigenvalue weighted by molar-refractivity contribution is 7.71. The van der Waals surface area contributed by atoms with Crippen molar-refractivity contribution in [3.05, 3.63) is 51.9 Å². The topological polar surface area (TPSA) is 110 Å². The molecule has 0 unspecified atom stereocenters. The summed E-state index contributed by atoms with van der Waals surface area (Å²) in [4.78, 5) is 30.2. The molecule has 0 saturated heterocycles. The largest absolute Gasteiger partial charge is 0.329 e. The smallest absolute Gasteiger partial charge is 0.269 e. The molecule has 11 heteroatoms. The lowest BCUT2D eigenvalue weighted by Gasteiger charge is -2.09. The van der Waals surface area contributed by atoms with E-state index < -0.39 is 11.8 Å². The zero-order valence-electron chi connectivity index (χ0n) is 16.3. The summed E-state index contributed by atoms with van der Waals surface area (Å²) in [6.07, 6.45) is 0. The molecule has 0 spiro atoms. The van der Waals surface area contributed by atoms with E-state index in [-0.39, 0.29) is 6.54 Å². The lowest BCUT2D eigenvalue weighted by atomic mass is 10.2. The summed E-state index contributed by atoms with van der Waals surface area (Å²) in [5.41, 5.74) is 6.97. The molecule has 154 valence electrons. The van der Waals surface area contributed by atoms with E-state index in [1.54, 1.807) is 16.7 Å². The van der Waals surface area contributed by atoms with Crippen molar-refractivity contribution in [3.8, 4) is 10.7 Å². The lowest BCUT2D eigenvalue weighted by molar-refractivity contribution is -0.122. The first kappa shape index (κ1) is 20.0. The first-order valence-corrected chi connectivity index (χ1v) is 10.5. The van der Waals surface area contributed by atoms with Crippen LogP contribution in [-0.2, 0) is 17.9 Å². The molecule has 1 aromatic carbocycles. The Morgan fingerprint density at radius 1 is 1.23 bits per heavy atom. The molecule has 30 heavy (non-hydrogen) atoms. The van der Waals surface area contributed by atoms with Crippen LogP contribution in [-0.4, -0.2) is 36.1 Å². The molecule has 3 aromatic heterocycles. The second kappa shape index (κ2) is 8.20. The zero-order chi connectivity index (χ0) is 21.3. The summed E-state index contributed by atoms with van der Waals surface area (Å²) < 4.78 is 3.97. The number of carbonyl (C=O) groups is 2. The Morgan fingerprint density at radius 3 is 2.80 bits per heavy atom. The third-order valence-corrected chi connectivity index (χ3v) is 5.81. The van der Waals surface area contributed by atoms with E-state index in [0.717, 1.165) is 28.3 Å². The number of hydrazine groups is 1. The highest BCUT2D eigenvalue weighted by atomic mass is 32.1. The molecule has 0 aliphatic rings. The van der Waals surface area contributed by atoms with Crippen molar-refractivity contribution in [2.45, 2.75) is 26.9 Å². The van der Waals surface area contributed by atoms with Crippen molar-refractivity contribution < 1.29 is 9.59 Å². The Morgan fingerprint density at radius 2 is 2.07 bits per heavy atom. The average molecular weight is 442 g/mol. The summed E-state index contributed by atoms with van der Waals surface area (Å²) in [6, 6.07) is 9.05. The van der Waals surface area contributed by atoms with Crippen LogP contribution in [0.25, 0.3) is 21.7 Å². The van der Waals surface area contributed by atoms with E-state index in [1.165, 1.54) is 11.3 Å². The van der Waals surface area contributed by atoms with E-state index >= 15 is 0 Å². The summed E-state index contributed by atoms with van der Waals surface area (Å²) in [6.45, 7) is 4.69. The molecular weight excluding hydrogens is 422 g/mol. The van der Waals surface area contributed by atoms with Crippen LogP contribution in [0, 0.1) is 11.7 Å². The van der Waals surface area contributed by atoms with E-state index in [0.29, 0.717) is 16.2 Å². The Bertz CT molecular complexity index is 1280. The van der Waals surface area contributed by atoms with Crippen LogP contribution < -0.4 is 10.9 Å². The number of rotatable bonds is 5. The van der Waals surface area contributed by atoms with Crippen LogP contribution >= 0.6 is 23.6 Å². The Kier molecular flexibility index (Phi) is 5.46. The normalized spacial score (nSPS) is 11.0. The van der Waals surface area contributed by atoms with Gasteiger partial charge >= 0.3 is 0 Å². The minimum absolute atomic E-state index is 0.0814. The number of imidazole rings is 1. The molecule has 3 N–H and O–H groups in total. The SMILES string of the molecule is CCn1c(C)nc2cc(C(=O)NNC(=O)Cn3c(-c4cccs4)n[nH]c3=S)ccc21. The second-order valence-electron chi connectivity index (χ2n) is 6.52. The van der Waals surface area contributed by atoms with Gasteiger partial charge in [-0.3, -0.25) is 30.1 Å². The molecule has 2 amide bonds. The quantitative estimate of drug-likeness (QED) is 0.326. The highest BCUT2D eigenvalue weighted by Gasteiger charge is 2.15. The van der Waals surface area contributed by atoms with Gasteiger partial charge in [-0.1, -0.05) is 6.07 Å². The first-order valence-electron chi connectivity index (χ1n) is 9.23. The number of fused-ring (bicyclic) bond motifs is 1. The van der Waals surface area contributed by atoms with Gasteiger partial charge in [0.25, 0.3) is 11.8 Å². The van der Waals surface area contributed by atoms with Gasteiger partial charge in [0.15, 0.2) is 10.6 Å². The number of nitrogens with one attached hydrogen (secondary N) is 3. The van der Waals surface area contributed by atoms with Crippen molar-refractivity contribution in [3.63, 3.8) is 0 Å². The van der Waals surface area contributed by atoms with Gasteiger partial charge in [0.2, 0.25) is 0 Å². The number of thiophene rings is 1. The predicted molar refractivity (Wildman–Crippen MR) is 116 cm³/mol. The van der Waals surface area contributed by atoms with Crippen LogP contribution in [0.4, 0.5) is 0 Å². The van der Waals surface area contributed by atoms with Gasteiger partial charge in [0, 0.05) is 12.1 Å². The highest BCUT2D eigenvalue weighted by Crippen LogP contribution is 2.22. The standard InChI is InChI=1S/C19H19N7O2S2/c1-3-25-11(2)20-13-9-12(6-7-14(13)25)18(28)23-21-16(27)10-26-17(22-24-19(26)29)15-5-4-8-30-15/h4-9H,3,10H2,1-2H3,(H,21,27)(H,23,28)(H,24,29). The number of nitrogens with zero attached hydrogens (tertiary/aromatic N) is 4. The van der Waals surface area contributed by atoms with Gasteiger partial charge in [-0.25, -0.2) is 4.98 Å². The second-order valence-corrected chi connectivity index (χ2v) is 7.86. The average Bonchev–Trinajstić information content (AvgIpc) is 3.45. The third-order valence-electron chi connectivity index (χ3n) is 4.63. The number of hydrogen-bond donors (Lipinski definition) is 3. The van der Waals surface area contributed by atoms with Crippen LogP contribution in [0.5, 0.6) is 0 Å². The van der Waals surface area contributed by atoms with Gasteiger partial charge in [0.1, 0.15) is 12.4 Å². The molecule has 0 aliphatic carbocycles. The van der Waals surface area contributed by atoms with Gasteiger partial charge in [0.05, 0.1) is 15.9 Å². The summed E-state index contributed by atoms with van der Waals surface area (Å²) in [5.74, 6) is 0.606. The fourth-order valence-corrected chi connectivity index (χ4v) is 4.15. The van der Waals surface area contributed by atoms with Crippen LogP contribution in [0.1, 0.15) is 23.1 Å². The van der Waals surface area contributed by atoms with Crippen molar-refractivity contribution in [2.75, 3.05) is 0 Å². The maximum Gasteiger partial charge on any atom is 0.269 e. The number of aryl methyl sites for hydroxylation is 2. The maximum atomic E-state index is 12.5.